The second-order valence-corrected chi connectivity index (χ2v) is 6.53. The second kappa shape index (κ2) is 7.16. The molecule has 2 nitrogen and oxygen atoms in total. The van der Waals surface area contributed by atoms with Crippen molar-refractivity contribution in [3.63, 3.8) is 0 Å². The third-order valence-electron chi connectivity index (χ3n) is 3.60. The molecular formula is C21H17NOS. The molecule has 0 aliphatic carbocycles. The van der Waals surface area contributed by atoms with Gasteiger partial charge in [0.15, 0.2) is 0 Å². The highest BCUT2D eigenvalue weighted by Gasteiger charge is 2.09. The van der Waals surface area contributed by atoms with E-state index in [9.17, 15) is 4.79 Å². The lowest BCUT2D eigenvalue weighted by molar-refractivity contribution is 0.102. The molecule has 1 aromatic heterocycles. The van der Waals surface area contributed by atoms with Crippen LogP contribution in [0.15, 0.2) is 60.0 Å². The third kappa shape index (κ3) is 3.92. The summed E-state index contributed by atoms with van der Waals surface area (Å²) in [6.45, 7) is 3.97. The maximum Gasteiger partial charge on any atom is 0.255 e. The molecule has 0 bridgehead atoms. The van der Waals surface area contributed by atoms with Crippen LogP contribution in [0.1, 0.15) is 31.9 Å². The van der Waals surface area contributed by atoms with Crippen molar-refractivity contribution in [2.75, 3.05) is 5.32 Å². The van der Waals surface area contributed by atoms with Gasteiger partial charge in [-0.1, -0.05) is 41.7 Å². The van der Waals surface area contributed by atoms with E-state index in [2.05, 4.69) is 17.2 Å². The van der Waals surface area contributed by atoms with Gasteiger partial charge in [-0.2, -0.15) is 0 Å². The van der Waals surface area contributed by atoms with Gasteiger partial charge in [-0.15, -0.1) is 11.3 Å². The van der Waals surface area contributed by atoms with Crippen molar-refractivity contribution in [3.05, 3.63) is 87.1 Å². The Morgan fingerprint density at radius 2 is 1.88 bits per heavy atom. The summed E-state index contributed by atoms with van der Waals surface area (Å²) in [4.78, 5) is 13.5. The Labute approximate surface area is 146 Å². The van der Waals surface area contributed by atoms with Crippen molar-refractivity contribution in [1.29, 1.82) is 0 Å². The molecule has 1 heterocycles. The van der Waals surface area contributed by atoms with E-state index in [4.69, 9.17) is 0 Å². The van der Waals surface area contributed by atoms with Crippen molar-refractivity contribution in [1.82, 2.24) is 0 Å². The van der Waals surface area contributed by atoms with Gasteiger partial charge in [0.25, 0.3) is 5.91 Å². The summed E-state index contributed by atoms with van der Waals surface area (Å²) in [6.07, 6.45) is 0. The van der Waals surface area contributed by atoms with Gasteiger partial charge >= 0.3 is 0 Å². The molecule has 1 N–H and O–H groups in total. The number of nitrogens with one attached hydrogen (secondary N) is 1. The molecule has 0 unspecified atom stereocenters. The zero-order valence-corrected chi connectivity index (χ0v) is 14.4. The highest BCUT2D eigenvalue weighted by Crippen LogP contribution is 2.15. The standard InChI is InChI=1S/C21H17NOS/c1-15-8-11-20(16(2)13-15)21(23)22-18-6-3-5-17(14-18)9-10-19-7-4-12-24-19/h3-8,11-14H,1-2H3,(H,22,23). The van der Waals surface area contributed by atoms with Gasteiger partial charge in [0, 0.05) is 16.8 Å². The smallest absolute Gasteiger partial charge is 0.255 e. The molecule has 3 heteroatoms. The molecule has 3 rings (SSSR count). The van der Waals surface area contributed by atoms with Crippen LogP contribution in [-0.2, 0) is 0 Å². The lowest BCUT2D eigenvalue weighted by Gasteiger charge is -2.08. The topological polar surface area (TPSA) is 29.1 Å². The molecule has 2 aromatic carbocycles. The Hall–Kier alpha value is -2.83. The van der Waals surface area contributed by atoms with Crippen molar-refractivity contribution in [3.8, 4) is 11.8 Å². The minimum atomic E-state index is -0.101. The van der Waals surface area contributed by atoms with Gasteiger partial charge in [0.2, 0.25) is 0 Å². The maximum absolute atomic E-state index is 12.5. The van der Waals surface area contributed by atoms with Crippen molar-refractivity contribution in [2.24, 2.45) is 0 Å². The highest BCUT2D eigenvalue weighted by atomic mass is 32.1. The van der Waals surface area contributed by atoms with Gasteiger partial charge < -0.3 is 5.32 Å². The van der Waals surface area contributed by atoms with Gasteiger partial charge in [0.1, 0.15) is 0 Å². The quantitative estimate of drug-likeness (QED) is 0.657. The molecule has 0 saturated carbocycles. The molecule has 0 radical (unpaired) electrons. The maximum atomic E-state index is 12.5. The lowest BCUT2D eigenvalue weighted by Crippen LogP contribution is -2.13. The van der Waals surface area contributed by atoms with Gasteiger partial charge in [0.05, 0.1) is 4.88 Å². The summed E-state index contributed by atoms with van der Waals surface area (Å²) in [5.41, 5.74) is 4.44. The van der Waals surface area contributed by atoms with Crippen LogP contribution in [0.2, 0.25) is 0 Å². The zero-order valence-electron chi connectivity index (χ0n) is 13.6. The number of amides is 1. The normalized spacial score (nSPS) is 9.92. The van der Waals surface area contributed by atoms with Crippen LogP contribution in [0.3, 0.4) is 0 Å². The van der Waals surface area contributed by atoms with E-state index >= 15 is 0 Å². The molecule has 0 aliphatic heterocycles. The number of aryl methyl sites for hydroxylation is 2. The third-order valence-corrected chi connectivity index (χ3v) is 4.38. The first-order valence-electron chi connectivity index (χ1n) is 7.66. The average Bonchev–Trinajstić information content (AvgIpc) is 3.06. The minimum absolute atomic E-state index is 0.101. The Bertz CT molecular complexity index is 930. The molecule has 0 saturated heterocycles. The SMILES string of the molecule is Cc1ccc(C(=O)Nc2cccc(C#Cc3cccs3)c2)c(C)c1. The van der Waals surface area contributed by atoms with Crippen molar-refractivity contribution < 1.29 is 4.79 Å². The number of hydrogen-bond acceptors (Lipinski definition) is 2. The average molecular weight is 331 g/mol. The molecule has 0 fully saturated rings. The first-order valence-corrected chi connectivity index (χ1v) is 8.54. The first-order chi connectivity index (χ1) is 11.6. The summed E-state index contributed by atoms with van der Waals surface area (Å²) >= 11 is 1.61. The van der Waals surface area contributed by atoms with E-state index in [1.54, 1.807) is 11.3 Å². The summed E-state index contributed by atoms with van der Waals surface area (Å²) in [5, 5.41) is 4.95. The van der Waals surface area contributed by atoms with Crippen LogP contribution < -0.4 is 5.32 Å². The predicted molar refractivity (Wildman–Crippen MR) is 101 cm³/mol. The fraction of sp³-hybridized carbons (Fsp3) is 0.0952. The van der Waals surface area contributed by atoms with E-state index < -0.39 is 0 Å². The first kappa shape index (κ1) is 16.0. The lowest BCUT2D eigenvalue weighted by atomic mass is 10.1. The molecule has 0 aliphatic rings. The molecule has 24 heavy (non-hydrogen) atoms. The zero-order chi connectivity index (χ0) is 16.9. The number of benzene rings is 2. The minimum Gasteiger partial charge on any atom is -0.322 e. The fourth-order valence-electron chi connectivity index (χ4n) is 2.42. The van der Waals surface area contributed by atoms with Gasteiger partial charge in [-0.05, 0) is 55.1 Å². The van der Waals surface area contributed by atoms with E-state index in [0.717, 1.165) is 27.3 Å². The Kier molecular flexibility index (Phi) is 4.79. The van der Waals surface area contributed by atoms with E-state index in [0.29, 0.717) is 5.56 Å². The monoisotopic (exact) mass is 331 g/mol. The summed E-state index contributed by atoms with van der Waals surface area (Å²) in [5.74, 6) is 6.15. The molecule has 1 amide bonds. The molecule has 3 aromatic rings. The van der Waals surface area contributed by atoms with Crippen molar-refractivity contribution >= 4 is 22.9 Å². The van der Waals surface area contributed by atoms with Crippen LogP contribution in [0.4, 0.5) is 5.69 Å². The van der Waals surface area contributed by atoms with Crippen LogP contribution in [0, 0.1) is 25.7 Å². The summed E-state index contributed by atoms with van der Waals surface area (Å²) in [6, 6.07) is 17.4. The van der Waals surface area contributed by atoms with E-state index in [-0.39, 0.29) is 5.91 Å². The number of rotatable bonds is 2. The van der Waals surface area contributed by atoms with Gasteiger partial charge in [-0.3, -0.25) is 4.79 Å². The number of carbonyl (C=O) groups excluding carboxylic acids is 1. The number of carbonyl (C=O) groups is 1. The summed E-state index contributed by atoms with van der Waals surface area (Å²) < 4.78 is 0. The van der Waals surface area contributed by atoms with E-state index in [1.807, 2.05) is 73.8 Å². The van der Waals surface area contributed by atoms with Crippen molar-refractivity contribution in [2.45, 2.75) is 13.8 Å². The molecular weight excluding hydrogens is 314 g/mol. The number of hydrogen-bond donors (Lipinski definition) is 1. The van der Waals surface area contributed by atoms with Gasteiger partial charge in [-0.25, -0.2) is 0 Å². The fourth-order valence-corrected chi connectivity index (χ4v) is 3.00. The van der Waals surface area contributed by atoms with Crippen LogP contribution >= 0.6 is 11.3 Å². The van der Waals surface area contributed by atoms with Crippen LogP contribution in [0.5, 0.6) is 0 Å². The number of thiophene rings is 1. The molecule has 0 atom stereocenters. The highest BCUT2D eigenvalue weighted by molar-refractivity contribution is 7.10. The molecule has 0 spiro atoms. The van der Waals surface area contributed by atoms with E-state index in [1.165, 1.54) is 0 Å². The largest absolute Gasteiger partial charge is 0.322 e. The Morgan fingerprint density at radius 1 is 1.00 bits per heavy atom. The number of anilines is 1. The van der Waals surface area contributed by atoms with Crippen LogP contribution in [-0.4, -0.2) is 5.91 Å². The predicted octanol–water partition coefficient (Wildman–Crippen LogP) is 5.02. The molecule has 118 valence electrons. The Balaban J connectivity index is 1.78. The van der Waals surface area contributed by atoms with Crippen LogP contribution in [0.25, 0.3) is 0 Å². The summed E-state index contributed by atoms with van der Waals surface area (Å²) in [7, 11) is 0. The second-order valence-electron chi connectivity index (χ2n) is 5.58. The Morgan fingerprint density at radius 3 is 2.62 bits per heavy atom.